The fourth-order valence-corrected chi connectivity index (χ4v) is 0.756. The number of aromatic nitrogens is 1. The number of hydrogen-bond acceptors (Lipinski definition) is 2. The molecule has 0 saturated heterocycles. The summed E-state index contributed by atoms with van der Waals surface area (Å²) in [6.07, 6.45) is 2.98. The number of nitrogens with one attached hydrogen (secondary N) is 1. The summed E-state index contributed by atoms with van der Waals surface area (Å²) >= 11 is -2.08. The predicted molar refractivity (Wildman–Crippen MR) is 28.0 cm³/mol. The molecule has 0 bridgehead atoms. The molecular formula is C4H4NNaO2S. The van der Waals surface area contributed by atoms with Crippen LogP contribution in [0.15, 0.2) is 23.4 Å². The van der Waals surface area contributed by atoms with E-state index >= 15 is 0 Å². The molecule has 1 aromatic rings. The quantitative estimate of drug-likeness (QED) is 0.351. The van der Waals surface area contributed by atoms with Gasteiger partial charge in [0.15, 0.2) is 0 Å². The normalized spacial score (nSPS) is 12.1. The van der Waals surface area contributed by atoms with E-state index in [4.69, 9.17) is 0 Å². The second kappa shape index (κ2) is 4.24. The Labute approximate surface area is 77.4 Å². The van der Waals surface area contributed by atoms with Gasteiger partial charge in [0.2, 0.25) is 0 Å². The summed E-state index contributed by atoms with van der Waals surface area (Å²) in [6, 6.07) is 1.49. The average molecular weight is 153 g/mol. The molecule has 1 N–H and O–H groups in total. The van der Waals surface area contributed by atoms with E-state index in [1.54, 1.807) is 6.20 Å². The van der Waals surface area contributed by atoms with Gasteiger partial charge in [-0.15, -0.1) is 0 Å². The Balaban J connectivity index is 0.000000640. The zero-order chi connectivity index (χ0) is 5.98. The van der Waals surface area contributed by atoms with E-state index in [1.807, 2.05) is 0 Å². The fourth-order valence-electron chi connectivity index (χ4n) is 0.412. The number of H-pyrrole nitrogens is 1. The van der Waals surface area contributed by atoms with Gasteiger partial charge in [0.05, 0.1) is 0 Å². The molecule has 1 heterocycles. The Bertz CT molecular complexity index is 186. The monoisotopic (exact) mass is 153 g/mol. The summed E-state index contributed by atoms with van der Waals surface area (Å²) in [5.41, 5.74) is 0. The summed E-state index contributed by atoms with van der Waals surface area (Å²) in [5, 5.41) is 0. The molecule has 1 rings (SSSR count). The Morgan fingerprint density at radius 2 is 2.33 bits per heavy atom. The number of rotatable bonds is 1. The van der Waals surface area contributed by atoms with Crippen LogP contribution in [0.2, 0.25) is 0 Å². The molecule has 0 aromatic carbocycles. The van der Waals surface area contributed by atoms with Crippen molar-refractivity contribution < 1.29 is 38.3 Å². The van der Waals surface area contributed by atoms with Gasteiger partial charge in [0.25, 0.3) is 0 Å². The molecule has 0 aliphatic carbocycles. The third-order valence-corrected chi connectivity index (χ3v) is 1.40. The molecule has 0 amide bonds. The largest absolute Gasteiger partial charge is 1.00 e. The van der Waals surface area contributed by atoms with E-state index < -0.39 is 11.1 Å². The number of aromatic amines is 1. The maximum atomic E-state index is 10.0. The molecular weight excluding hydrogens is 149 g/mol. The average Bonchev–Trinajstić information content (AvgIpc) is 2.12. The van der Waals surface area contributed by atoms with E-state index in [1.165, 1.54) is 12.3 Å². The molecule has 3 nitrogen and oxygen atoms in total. The van der Waals surface area contributed by atoms with E-state index in [0.717, 1.165) is 0 Å². The molecule has 5 heteroatoms. The van der Waals surface area contributed by atoms with Crippen molar-refractivity contribution >= 4 is 11.1 Å². The van der Waals surface area contributed by atoms with Crippen molar-refractivity contribution in [3.8, 4) is 0 Å². The van der Waals surface area contributed by atoms with Gasteiger partial charge in [-0.3, -0.25) is 4.21 Å². The first kappa shape index (κ1) is 9.39. The number of hydrogen-bond donors (Lipinski definition) is 1. The van der Waals surface area contributed by atoms with Crippen LogP contribution in [-0.2, 0) is 11.1 Å². The van der Waals surface area contributed by atoms with Crippen LogP contribution in [0.3, 0.4) is 0 Å². The molecule has 0 aliphatic rings. The van der Waals surface area contributed by atoms with E-state index in [-0.39, 0.29) is 29.6 Å². The molecule has 0 aliphatic heterocycles. The zero-order valence-electron chi connectivity index (χ0n) is 4.96. The molecule has 44 valence electrons. The minimum Gasteiger partial charge on any atom is -0.768 e. The summed E-state index contributed by atoms with van der Waals surface area (Å²) in [5.74, 6) is 0. The Hall–Kier alpha value is 0.390. The predicted octanol–water partition coefficient (Wildman–Crippen LogP) is -2.74. The van der Waals surface area contributed by atoms with Crippen LogP contribution in [0, 0.1) is 0 Å². The Morgan fingerprint density at radius 1 is 1.67 bits per heavy atom. The molecule has 9 heavy (non-hydrogen) atoms. The molecule has 0 saturated carbocycles. The van der Waals surface area contributed by atoms with Gasteiger partial charge in [-0.1, -0.05) is 0 Å². The topological polar surface area (TPSA) is 55.9 Å². The van der Waals surface area contributed by atoms with Gasteiger partial charge in [-0.25, -0.2) is 0 Å². The maximum absolute atomic E-state index is 10.0. The van der Waals surface area contributed by atoms with E-state index in [0.29, 0.717) is 4.90 Å². The smallest absolute Gasteiger partial charge is 0.768 e. The van der Waals surface area contributed by atoms with Crippen molar-refractivity contribution in [2.75, 3.05) is 0 Å². The van der Waals surface area contributed by atoms with Crippen molar-refractivity contribution in [2.45, 2.75) is 4.90 Å². The SMILES string of the molecule is O=S([O-])c1cc[nH]c1.[Na+]. The molecule has 0 fully saturated rings. The van der Waals surface area contributed by atoms with Gasteiger partial charge >= 0.3 is 29.6 Å². The van der Waals surface area contributed by atoms with Gasteiger partial charge in [-0.2, -0.15) is 0 Å². The van der Waals surface area contributed by atoms with E-state index in [2.05, 4.69) is 4.98 Å². The van der Waals surface area contributed by atoms with Gasteiger partial charge in [0, 0.05) is 17.3 Å². The minimum atomic E-state index is -2.08. The second-order valence-electron chi connectivity index (χ2n) is 1.28. The van der Waals surface area contributed by atoms with Crippen LogP contribution in [0.4, 0.5) is 0 Å². The molecule has 0 spiro atoms. The minimum absolute atomic E-state index is 0. The molecule has 0 radical (unpaired) electrons. The first-order valence-corrected chi connectivity index (χ1v) is 3.10. The van der Waals surface area contributed by atoms with Gasteiger partial charge in [0.1, 0.15) is 0 Å². The summed E-state index contributed by atoms with van der Waals surface area (Å²) in [6.45, 7) is 0. The third-order valence-electron chi connectivity index (χ3n) is 0.762. The van der Waals surface area contributed by atoms with Crippen molar-refractivity contribution in [3.63, 3.8) is 0 Å². The second-order valence-corrected chi connectivity index (χ2v) is 2.22. The van der Waals surface area contributed by atoms with Crippen molar-refractivity contribution in [2.24, 2.45) is 0 Å². The van der Waals surface area contributed by atoms with Crippen molar-refractivity contribution in [1.29, 1.82) is 0 Å². The molecule has 1 aromatic heterocycles. The fraction of sp³-hybridized carbons (Fsp3) is 0. The van der Waals surface area contributed by atoms with Crippen LogP contribution in [0.1, 0.15) is 0 Å². The molecule has 1 atom stereocenters. The molecule has 1 unspecified atom stereocenters. The Morgan fingerprint density at radius 3 is 2.56 bits per heavy atom. The standard InChI is InChI=1S/C4H5NO2S.Na/c6-8(7)4-1-2-5-3-4;/h1-3,5H,(H,6,7);/q;+1/p-1. The van der Waals surface area contributed by atoms with Crippen LogP contribution >= 0.6 is 0 Å². The summed E-state index contributed by atoms with van der Waals surface area (Å²) in [7, 11) is 0. The summed E-state index contributed by atoms with van der Waals surface area (Å²) < 4.78 is 20.1. The first-order valence-electron chi connectivity index (χ1n) is 2.03. The van der Waals surface area contributed by atoms with Gasteiger partial charge in [-0.05, 0) is 17.1 Å². The van der Waals surface area contributed by atoms with Crippen molar-refractivity contribution in [1.82, 2.24) is 4.98 Å². The van der Waals surface area contributed by atoms with Crippen LogP contribution in [0.25, 0.3) is 0 Å². The van der Waals surface area contributed by atoms with Gasteiger partial charge < -0.3 is 9.54 Å². The van der Waals surface area contributed by atoms with Crippen molar-refractivity contribution in [3.05, 3.63) is 18.5 Å². The van der Waals surface area contributed by atoms with Crippen LogP contribution < -0.4 is 29.6 Å². The maximum Gasteiger partial charge on any atom is 1.00 e. The van der Waals surface area contributed by atoms with E-state index in [9.17, 15) is 8.76 Å². The van der Waals surface area contributed by atoms with Crippen LogP contribution in [-0.4, -0.2) is 13.7 Å². The zero-order valence-corrected chi connectivity index (χ0v) is 7.77. The third kappa shape index (κ3) is 2.64. The Kier molecular flexibility index (Phi) is 4.43. The summed E-state index contributed by atoms with van der Waals surface area (Å²) in [4.78, 5) is 2.91. The first-order chi connectivity index (χ1) is 3.80. The van der Waals surface area contributed by atoms with Crippen LogP contribution in [0.5, 0.6) is 0 Å².